The Hall–Kier alpha value is -4.22. The topological polar surface area (TPSA) is 191 Å². The molecule has 0 unspecified atom stereocenters. The minimum absolute atomic E-state index is 0.00135. The van der Waals surface area contributed by atoms with Crippen LogP contribution in [0.4, 0.5) is 5.82 Å². The molecule has 3 aromatic rings. The van der Waals surface area contributed by atoms with Gasteiger partial charge in [-0.3, -0.25) is 19.1 Å². The fraction of sp³-hybridized carbons (Fsp3) is 0.500. The van der Waals surface area contributed by atoms with Crippen LogP contribution in [0.25, 0.3) is 10.8 Å². The summed E-state index contributed by atoms with van der Waals surface area (Å²) in [5, 5.41) is 7.00. The molecule has 0 spiro atoms. The van der Waals surface area contributed by atoms with E-state index in [9.17, 15) is 22.8 Å². The van der Waals surface area contributed by atoms with Crippen molar-refractivity contribution in [2.24, 2.45) is 5.92 Å². The number of amides is 3. The first kappa shape index (κ1) is 35.6. The number of nitrogens with one attached hydrogen (secondary N) is 3. The molecular weight excluding hydrogens is 710 g/mol. The zero-order valence-corrected chi connectivity index (χ0v) is 30.1. The van der Waals surface area contributed by atoms with Gasteiger partial charge in [-0.1, -0.05) is 24.6 Å². The highest BCUT2D eigenvalue weighted by atomic mass is 35.5. The quantitative estimate of drug-likeness (QED) is 0.193. The first-order chi connectivity index (χ1) is 23.9. The molecule has 3 heterocycles. The van der Waals surface area contributed by atoms with Crippen molar-refractivity contribution in [1.82, 2.24) is 28.7 Å². The molecule has 5 atom stereocenters. The lowest BCUT2D eigenvalue weighted by Gasteiger charge is -2.29. The first-order valence-electron chi connectivity index (χ1n) is 16.3. The van der Waals surface area contributed by atoms with Gasteiger partial charge in [0.05, 0.1) is 43.4 Å². The third kappa shape index (κ3) is 7.03. The number of carbonyl (C=O) groups is 3. The average Bonchev–Trinajstić information content (AvgIpc) is 3.99. The lowest BCUT2D eigenvalue weighted by Crippen LogP contribution is -2.57. The summed E-state index contributed by atoms with van der Waals surface area (Å²) in [5.41, 5.74) is -1.53. The van der Waals surface area contributed by atoms with Crippen molar-refractivity contribution in [2.45, 2.75) is 74.9 Å². The van der Waals surface area contributed by atoms with Gasteiger partial charge in [-0.2, -0.15) is 4.37 Å². The van der Waals surface area contributed by atoms with E-state index in [2.05, 4.69) is 35.7 Å². The fourth-order valence-corrected chi connectivity index (χ4v) is 8.18. The summed E-state index contributed by atoms with van der Waals surface area (Å²) in [5.74, 6) is -1.08. The van der Waals surface area contributed by atoms with Crippen molar-refractivity contribution >= 4 is 67.7 Å². The van der Waals surface area contributed by atoms with E-state index in [4.69, 9.17) is 25.8 Å². The van der Waals surface area contributed by atoms with Crippen LogP contribution in [-0.4, -0.2) is 94.0 Å². The molecule has 1 saturated heterocycles. The largest absolute Gasteiger partial charge is 0.494 e. The Labute approximate surface area is 298 Å². The first-order valence-corrected chi connectivity index (χ1v) is 18.9. The molecule has 15 nitrogen and oxygen atoms in total. The lowest BCUT2D eigenvalue weighted by atomic mass is 10.1. The Kier molecular flexibility index (Phi) is 10.1. The van der Waals surface area contributed by atoms with Gasteiger partial charge in [0, 0.05) is 28.1 Å². The molecule has 3 aliphatic rings. The number of anilines is 1. The van der Waals surface area contributed by atoms with Crippen LogP contribution < -0.4 is 29.6 Å². The second-order valence-corrected chi connectivity index (χ2v) is 15.4. The van der Waals surface area contributed by atoms with Crippen molar-refractivity contribution in [3.8, 4) is 17.5 Å². The van der Waals surface area contributed by atoms with Gasteiger partial charge in [-0.15, -0.1) is 11.0 Å². The van der Waals surface area contributed by atoms with Gasteiger partial charge in [0.15, 0.2) is 0 Å². The fourth-order valence-electron chi connectivity index (χ4n) is 6.18. The van der Waals surface area contributed by atoms with Crippen molar-refractivity contribution in [2.75, 3.05) is 25.6 Å². The summed E-state index contributed by atoms with van der Waals surface area (Å²) in [6, 6.07) is 3.28. The van der Waals surface area contributed by atoms with Crippen LogP contribution in [0.3, 0.4) is 0 Å². The molecule has 0 bridgehead atoms. The molecule has 268 valence electrons. The number of ether oxygens (including phenoxy) is 3. The Morgan fingerprint density at radius 3 is 2.64 bits per heavy atom. The Bertz CT molecular complexity index is 1920. The highest BCUT2D eigenvalue weighted by Gasteiger charge is 2.62. The van der Waals surface area contributed by atoms with E-state index in [1.807, 2.05) is 6.92 Å². The molecule has 6 rings (SSSR count). The van der Waals surface area contributed by atoms with E-state index in [1.165, 1.54) is 24.3 Å². The van der Waals surface area contributed by atoms with Gasteiger partial charge in [-0.05, 0) is 50.8 Å². The molecule has 18 heteroatoms. The third-order valence-electron chi connectivity index (χ3n) is 9.13. The maximum Gasteiger partial charge on any atom is 0.270 e. The van der Waals surface area contributed by atoms with Crippen LogP contribution in [0.2, 0.25) is 5.02 Å². The van der Waals surface area contributed by atoms with Gasteiger partial charge in [0.1, 0.15) is 29.5 Å². The van der Waals surface area contributed by atoms with E-state index >= 15 is 0 Å². The van der Waals surface area contributed by atoms with Gasteiger partial charge >= 0.3 is 0 Å². The average molecular weight is 748 g/mol. The van der Waals surface area contributed by atoms with Crippen LogP contribution in [0.5, 0.6) is 17.5 Å². The molecule has 3 fully saturated rings. The smallest absolute Gasteiger partial charge is 0.270 e. The molecule has 0 radical (unpaired) electrons. The number of sulfonamides is 1. The second-order valence-electron chi connectivity index (χ2n) is 12.4. The molecule has 2 aromatic heterocycles. The van der Waals surface area contributed by atoms with Crippen LogP contribution >= 0.6 is 23.3 Å². The maximum absolute atomic E-state index is 14.2. The SMILES string of the molecule is C=C[C@@H]1C[C@]1(NC(=O)[C@@H]1C[C@@H](Oc2ncc(OC)c3ccc(Cl)cc23)CN1C(=O)[C@@H](CC)Nc1nsnc1OCC)C(=O)NS(=O)(=O)C1CC1. The van der Waals surface area contributed by atoms with E-state index in [-0.39, 0.29) is 31.1 Å². The van der Waals surface area contributed by atoms with Gasteiger partial charge < -0.3 is 29.7 Å². The van der Waals surface area contributed by atoms with Gasteiger partial charge in [0.25, 0.3) is 11.8 Å². The number of likely N-dealkylation sites (tertiary alicyclic amines) is 1. The minimum atomic E-state index is -3.88. The van der Waals surface area contributed by atoms with Crippen molar-refractivity contribution < 1.29 is 37.0 Å². The number of rotatable bonds is 15. The van der Waals surface area contributed by atoms with E-state index in [0.29, 0.717) is 53.2 Å². The number of halogens is 1. The van der Waals surface area contributed by atoms with Crippen molar-refractivity contribution in [3.63, 3.8) is 0 Å². The Balaban J connectivity index is 1.28. The van der Waals surface area contributed by atoms with Gasteiger partial charge in [-0.25, -0.2) is 13.4 Å². The molecular formula is C32H38ClN7O8S2. The molecule has 50 heavy (non-hydrogen) atoms. The molecule has 2 aliphatic carbocycles. The monoisotopic (exact) mass is 747 g/mol. The molecule has 3 amide bonds. The zero-order chi connectivity index (χ0) is 35.8. The lowest BCUT2D eigenvalue weighted by molar-refractivity contribution is -0.140. The van der Waals surface area contributed by atoms with E-state index in [0.717, 1.165) is 11.7 Å². The number of fused-ring (bicyclic) bond motifs is 1. The third-order valence-corrected chi connectivity index (χ3v) is 11.7. The highest BCUT2D eigenvalue weighted by Crippen LogP contribution is 2.45. The van der Waals surface area contributed by atoms with Crippen molar-refractivity contribution in [1.29, 1.82) is 0 Å². The second kappa shape index (κ2) is 14.2. The van der Waals surface area contributed by atoms with Crippen LogP contribution in [0, 0.1) is 5.92 Å². The Morgan fingerprint density at radius 2 is 1.98 bits per heavy atom. The van der Waals surface area contributed by atoms with E-state index < -0.39 is 62.6 Å². The summed E-state index contributed by atoms with van der Waals surface area (Å²) >= 11 is 7.25. The number of pyridine rings is 1. The summed E-state index contributed by atoms with van der Waals surface area (Å²) in [6.45, 7) is 7.73. The number of aromatic nitrogens is 3. The molecule has 2 saturated carbocycles. The number of carbonyl (C=O) groups excluding carboxylic acids is 3. The summed E-state index contributed by atoms with van der Waals surface area (Å²) < 4.78 is 53.2. The van der Waals surface area contributed by atoms with Crippen LogP contribution in [0.15, 0.2) is 37.1 Å². The van der Waals surface area contributed by atoms with E-state index in [1.54, 1.807) is 25.1 Å². The molecule has 3 N–H and O–H groups in total. The van der Waals surface area contributed by atoms with Crippen LogP contribution in [-0.2, 0) is 24.4 Å². The normalized spacial score (nSPS) is 23.5. The minimum Gasteiger partial charge on any atom is -0.494 e. The molecule has 1 aromatic carbocycles. The van der Waals surface area contributed by atoms with Gasteiger partial charge in [0.2, 0.25) is 33.5 Å². The summed E-state index contributed by atoms with van der Waals surface area (Å²) in [7, 11) is -2.36. The predicted molar refractivity (Wildman–Crippen MR) is 186 cm³/mol. The Morgan fingerprint density at radius 1 is 1.20 bits per heavy atom. The number of hydrogen-bond donors (Lipinski definition) is 3. The number of methoxy groups -OCH3 is 1. The summed E-state index contributed by atoms with van der Waals surface area (Å²) in [6.07, 6.45) is 3.78. The summed E-state index contributed by atoms with van der Waals surface area (Å²) in [4.78, 5) is 47.7. The number of hydrogen-bond acceptors (Lipinski definition) is 13. The number of benzene rings is 1. The van der Waals surface area contributed by atoms with Crippen molar-refractivity contribution in [3.05, 3.63) is 42.1 Å². The zero-order valence-electron chi connectivity index (χ0n) is 27.7. The standard InChI is InChI=1S/C32H38ClN7O8S2/c1-5-17-14-32(17,31(43)39-50(44,45)20-9-10-20)36-27(41)24-13-19(48-28-22-12-18(33)8-11-21(22)25(46-4)15-34-28)16-40(24)30(42)23(6-2)35-26-29(47-7-3)38-49-37-26/h5,8,11-12,15,17,19-20,23-24H,1,6-7,9-10,13-14,16H2,2-4H3,(H,35,37)(H,36,41)(H,39,43)/t17-,19-,23-,24+,32-/m1/s1. The predicted octanol–water partition coefficient (Wildman–Crippen LogP) is 3.06. The molecule has 1 aliphatic heterocycles. The van der Waals surface area contributed by atoms with Crippen LogP contribution in [0.1, 0.15) is 46.0 Å². The maximum atomic E-state index is 14.2. The highest BCUT2D eigenvalue weighted by molar-refractivity contribution is 7.91. The number of nitrogens with zero attached hydrogens (tertiary/aromatic N) is 4.